The van der Waals surface area contributed by atoms with E-state index in [0.717, 1.165) is 19.4 Å². The highest BCUT2D eigenvalue weighted by atomic mass is 16.7. The molecule has 3 nitrogen and oxygen atoms in total. The molecule has 90 valence electrons. The zero-order valence-corrected chi connectivity index (χ0v) is 10.2. The summed E-state index contributed by atoms with van der Waals surface area (Å²) in [5.41, 5.74) is 0.0867. The molecule has 0 aromatic rings. The van der Waals surface area contributed by atoms with E-state index in [0.29, 0.717) is 6.61 Å². The minimum atomic E-state index is -0.0462. The van der Waals surface area contributed by atoms with E-state index in [-0.39, 0.29) is 24.2 Å². The van der Waals surface area contributed by atoms with E-state index in [1.807, 2.05) is 0 Å². The van der Waals surface area contributed by atoms with Crippen LogP contribution in [0.3, 0.4) is 0 Å². The molecule has 0 radical (unpaired) electrons. The first kappa shape index (κ1) is 12.9. The van der Waals surface area contributed by atoms with Crippen molar-refractivity contribution >= 4 is 0 Å². The first-order valence-electron chi connectivity index (χ1n) is 5.88. The van der Waals surface area contributed by atoms with Crippen molar-refractivity contribution in [3.63, 3.8) is 0 Å². The Hall–Kier alpha value is -0.120. The van der Waals surface area contributed by atoms with E-state index in [1.165, 1.54) is 6.42 Å². The van der Waals surface area contributed by atoms with Crippen molar-refractivity contribution in [2.45, 2.75) is 46.3 Å². The Morgan fingerprint density at radius 3 is 2.60 bits per heavy atom. The van der Waals surface area contributed by atoms with Crippen LogP contribution < -0.4 is 0 Å². The molecule has 1 N–H and O–H groups in total. The maximum atomic E-state index is 9.27. The molecule has 1 fully saturated rings. The average Bonchev–Trinajstić information content (AvgIpc) is 2.18. The van der Waals surface area contributed by atoms with Crippen molar-refractivity contribution in [1.29, 1.82) is 0 Å². The van der Waals surface area contributed by atoms with Gasteiger partial charge in [-0.15, -0.1) is 0 Å². The van der Waals surface area contributed by atoms with Gasteiger partial charge in [0.2, 0.25) is 0 Å². The second kappa shape index (κ2) is 5.83. The van der Waals surface area contributed by atoms with Crippen LogP contribution >= 0.6 is 0 Å². The summed E-state index contributed by atoms with van der Waals surface area (Å²) < 4.78 is 11.2. The quantitative estimate of drug-likeness (QED) is 0.783. The minimum Gasteiger partial charge on any atom is -0.396 e. The van der Waals surface area contributed by atoms with Gasteiger partial charge in [0.15, 0.2) is 6.29 Å². The monoisotopic (exact) mass is 216 g/mol. The van der Waals surface area contributed by atoms with Gasteiger partial charge in [-0.1, -0.05) is 20.8 Å². The highest BCUT2D eigenvalue weighted by Crippen LogP contribution is 2.26. The molecule has 1 rings (SSSR count). The predicted molar refractivity (Wildman–Crippen MR) is 59.6 cm³/mol. The molecule has 0 aromatic carbocycles. The van der Waals surface area contributed by atoms with Crippen LogP contribution in [0, 0.1) is 11.3 Å². The van der Waals surface area contributed by atoms with Gasteiger partial charge in [0.1, 0.15) is 0 Å². The summed E-state index contributed by atoms with van der Waals surface area (Å²) in [5, 5.41) is 9.27. The molecule has 0 amide bonds. The van der Waals surface area contributed by atoms with Gasteiger partial charge in [-0.2, -0.15) is 0 Å². The van der Waals surface area contributed by atoms with Crippen molar-refractivity contribution < 1.29 is 14.6 Å². The van der Waals surface area contributed by atoms with Crippen LogP contribution in [0.5, 0.6) is 0 Å². The number of aliphatic hydroxyl groups excluding tert-OH is 1. The van der Waals surface area contributed by atoms with E-state index < -0.39 is 0 Å². The van der Waals surface area contributed by atoms with Crippen LogP contribution in [0.1, 0.15) is 40.0 Å². The van der Waals surface area contributed by atoms with E-state index in [2.05, 4.69) is 20.8 Å². The topological polar surface area (TPSA) is 38.7 Å². The summed E-state index contributed by atoms with van der Waals surface area (Å²) >= 11 is 0. The molecule has 1 heterocycles. The molecule has 0 bridgehead atoms. The summed E-state index contributed by atoms with van der Waals surface area (Å²) in [6.45, 7) is 7.95. The van der Waals surface area contributed by atoms with Crippen molar-refractivity contribution in [2.24, 2.45) is 11.3 Å². The standard InChI is InChI=1S/C12H24O3/c1-12(2,3)10(8-13)9-15-11-6-4-5-7-14-11/h10-11,13H,4-9H2,1-3H3/t10-,11?/m1/s1. The van der Waals surface area contributed by atoms with Crippen molar-refractivity contribution in [2.75, 3.05) is 19.8 Å². The van der Waals surface area contributed by atoms with Crippen LogP contribution in [0.2, 0.25) is 0 Å². The fraction of sp³-hybridized carbons (Fsp3) is 1.00. The molecular formula is C12H24O3. The lowest BCUT2D eigenvalue weighted by molar-refractivity contribution is -0.176. The van der Waals surface area contributed by atoms with Gasteiger partial charge in [0.05, 0.1) is 6.61 Å². The molecule has 1 unspecified atom stereocenters. The lowest BCUT2D eigenvalue weighted by atomic mass is 9.82. The van der Waals surface area contributed by atoms with E-state index >= 15 is 0 Å². The van der Waals surface area contributed by atoms with Gasteiger partial charge in [0.25, 0.3) is 0 Å². The molecular weight excluding hydrogens is 192 g/mol. The molecule has 1 saturated heterocycles. The van der Waals surface area contributed by atoms with Gasteiger partial charge in [0, 0.05) is 19.1 Å². The lowest BCUT2D eigenvalue weighted by Gasteiger charge is -2.31. The highest BCUT2D eigenvalue weighted by molar-refractivity contribution is 4.73. The average molecular weight is 216 g/mol. The number of hydrogen-bond acceptors (Lipinski definition) is 3. The smallest absolute Gasteiger partial charge is 0.157 e. The molecule has 15 heavy (non-hydrogen) atoms. The van der Waals surface area contributed by atoms with Crippen LogP contribution in [0.4, 0.5) is 0 Å². The highest BCUT2D eigenvalue weighted by Gasteiger charge is 2.25. The maximum absolute atomic E-state index is 9.27. The summed E-state index contributed by atoms with van der Waals surface area (Å²) in [6, 6.07) is 0. The molecule has 0 aliphatic carbocycles. The molecule has 1 aliphatic heterocycles. The Morgan fingerprint density at radius 1 is 1.40 bits per heavy atom. The molecule has 0 aromatic heterocycles. The minimum absolute atomic E-state index is 0.0462. The third-order valence-corrected chi connectivity index (χ3v) is 3.07. The van der Waals surface area contributed by atoms with E-state index in [1.54, 1.807) is 0 Å². The molecule has 2 atom stereocenters. The summed E-state index contributed by atoms with van der Waals surface area (Å²) in [7, 11) is 0. The largest absolute Gasteiger partial charge is 0.396 e. The van der Waals surface area contributed by atoms with Crippen molar-refractivity contribution in [1.82, 2.24) is 0 Å². The van der Waals surface area contributed by atoms with E-state index in [4.69, 9.17) is 9.47 Å². The fourth-order valence-electron chi connectivity index (χ4n) is 1.64. The lowest BCUT2D eigenvalue weighted by Crippen LogP contribution is -2.32. The normalized spacial score (nSPS) is 25.2. The van der Waals surface area contributed by atoms with Crippen molar-refractivity contribution in [3.05, 3.63) is 0 Å². The Bertz CT molecular complexity index is 168. The second-order valence-electron chi connectivity index (χ2n) is 5.37. The first-order valence-corrected chi connectivity index (χ1v) is 5.88. The number of hydrogen-bond donors (Lipinski definition) is 1. The summed E-state index contributed by atoms with van der Waals surface area (Å²) in [6.07, 6.45) is 3.27. The third-order valence-electron chi connectivity index (χ3n) is 3.07. The van der Waals surface area contributed by atoms with Gasteiger partial charge >= 0.3 is 0 Å². The van der Waals surface area contributed by atoms with Gasteiger partial charge in [-0.25, -0.2) is 0 Å². The summed E-state index contributed by atoms with van der Waals surface area (Å²) in [4.78, 5) is 0. The zero-order valence-electron chi connectivity index (χ0n) is 10.2. The second-order valence-corrected chi connectivity index (χ2v) is 5.37. The van der Waals surface area contributed by atoms with Crippen LogP contribution in [0.25, 0.3) is 0 Å². The Morgan fingerprint density at radius 2 is 2.13 bits per heavy atom. The van der Waals surface area contributed by atoms with Crippen molar-refractivity contribution in [3.8, 4) is 0 Å². The number of rotatable bonds is 4. The van der Waals surface area contributed by atoms with Gasteiger partial charge in [-0.3, -0.25) is 0 Å². The molecule has 0 saturated carbocycles. The molecule has 1 aliphatic rings. The van der Waals surface area contributed by atoms with Crippen LogP contribution in [-0.4, -0.2) is 31.2 Å². The Balaban J connectivity index is 2.27. The first-order chi connectivity index (χ1) is 7.04. The number of aliphatic hydroxyl groups is 1. The predicted octanol–water partition coefficient (Wildman–Crippen LogP) is 2.18. The fourth-order valence-corrected chi connectivity index (χ4v) is 1.64. The van der Waals surface area contributed by atoms with E-state index in [9.17, 15) is 5.11 Å². The van der Waals surface area contributed by atoms with Crippen LogP contribution in [-0.2, 0) is 9.47 Å². The SMILES string of the molecule is CC(C)(C)[C@H](CO)COC1CCCCO1. The zero-order chi connectivity index (χ0) is 11.3. The van der Waals surface area contributed by atoms with Gasteiger partial charge in [-0.05, 0) is 24.7 Å². The van der Waals surface area contributed by atoms with Crippen LogP contribution in [0.15, 0.2) is 0 Å². The Labute approximate surface area is 92.8 Å². The maximum Gasteiger partial charge on any atom is 0.157 e. The molecule has 3 heteroatoms. The summed E-state index contributed by atoms with van der Waals surface area (Å²) in [5.74, 6) is 0.183. The third kappa shape index (κ3) is 4.49. The molecule has 0 spiro atoms. The van der Waals surface area contributed by atoms with Gasteiger partial charge < -0.3 is 14.6 Å². The number of ether oxygens (including phenoxy) is 2. The Kier molecular flexibility index (Phi) is 5.03.